The predicted octanol–water partition coefficient (Wildman–Crippen LogP) is 1.32. The van der Waals surface area contributed by atoms with Crippen molar-refractivity contribution in [2.45, 2.75) is 51.6 Å². The minimum Gasteiger partial charge on any atom is -0.361 e. The van der Waals surface area contributed by atoms with Crippen molar-refractivity contribution in [1.82, 2.24) is 25.8 Å². The fraction of sp³-hybridized carbons (Fsp3) is 0.522. The van der Waals surface area contributed by atoms with Gasteiger partial charge in [-0.3, -0.25) is 14.4 Å². The van der Waals surface area contributed by atoms with Crippen LogP contribution in [0.1, 0.15) is 38.7 Å². The van der Waals surface area contributed by atoms with E-state index in [1.807, 2.05) is 30.5 Å². The Morgan fingerprint density at radius 3 is 2.61 bits per heavy atom. The maximum Gasteiger partial charge on any atom is 0.242 e. The molecule has 0 aliphatic carbocycles. The smallest absolute Gasteiger partial charge is 0.242 e. The summed E-state index contributed by atoms with van der Waals surface area (Å²) < 4.78 is 0. The van der Waals surface area contributed by atoms with Crippen LogP contribution >= 0.6 is 0 Å². The van der Waals surface area contributed by atoms with Crippen molar-refractivity contribution in [2.75, 3.05) is 26.2 Å². The van der Waals surface area contributed by atoms with E-state index in [1.54, 1.807) is 6.92 Å². The quantitative estimate of drug-likeness (QED) is 0.593. The zero-order valence-corrected chi connectivity index (χ0v) is 18.4. The molecule has 0 bridgehead atoms. The first-order valence-electron chi connectivity index (χ1n) is 11.1. The van der Waals surface area contributed by atoms with Crippen molar-refractivity contribution < 1.29 is 14.4 Å². The van der Waals surface area contributed by atoms with Gasteiger partial charge in [-0.1, -0.05) is 25.1 Å². The van der Waals surface area contributed by atoms with E-state index in [4.69, 9.17) is 0 Å². The van der Waals surface area contributed by atoms with Crippen LogP contribution in [0, 0.1) is 0 Å². The molecule has 1 aromatic heterocycles. The number of carbonyl (C=O) groups is 3. The number of para-hydroxylation sites is 1. The molecular weight excluding hydrogens is 394 g/mol. The topological polar surface area (TPSA) is 106 Å². The summed E-state index contributed by atoms with van der Waals surface area (Å²) in [5, 5.41) is 9.59. The molecule has 168 valence electrons. The molecule has 1 aliphatic heterocycles. The Morgan fingerprint density at radius 1 is 1.03 bits per heavy atom. The van der Waals surface area contributed by atoms with Crippen molar-refractivity contribution in [1.29, 1.82) is 0 Å². The number of nitrogens with one attached hydrogen (secondary N) is 4. The lowest BCUT2D eigenvalue weighted by Crippen LogP contribution is -2.53. The van der Waals surface area contributed by atoms with Gasteiger partial charge in [0.05, 0.1) is 0 Å². The number of H-pyrrole nitrogens is 1. The van der Waals surface area contributed by atoms with Gasteiger partial charge in [0.25, 0.3) is 0 Å². The van der Waals surface area contributed by atoms with Crippen LogP contribution in [0.15, 0.2) is 30.5 Å². The molecule has 2 heterocycles. The molecule has 4 N–H and O–H groups in total. The van der Waals surface area contributed by atoms with Gasteiger partial charge in [-0.2, -0.15) is 0 Å². The van der Waals surface area contributed by atoms with E-state index in [-0.39, 0.29) is 17.7 Å². The number of amides is 3. The van der Waals surface area contributed by atoms with Crippen molar-refractivity contribution in [3.05, 3.63) is 36.0 Å². The molecule has 0 spiro atoms. The predicted molar refractivity (Wildman–Crippen MR) is 121 cm³/mol. The minimum atomic E-state index is -0.724. The third-order valence-corrected chi connectivity index (χ3v) is 5.78. The summed E-state index contributed by atoms with van der Waals surface area (Å²) in [6.45, 7) is 6.85. The third kappa shape index (κ3) is 6.30. The molecule has 2 aromatic rings. The van der Waals surface area contributed by atoms with Crippen LogP contribution < -0.4 is 16.0 Å². The number of hydrogen-bond acceptors (Lipinski definition) is 4. The molecule has 0 unspecified atom stereocenters. The van der Waals surface area contributed by atoms with E-state index in [9.17, 15) is 14.4 Å². The highest BCUT2D eigenvalue weighted by Gasteiger charge is 2.25. The standard InChI is InChI=1S/C23H33N5O3/c1-3-28-12-6-10-21(29)26-16(2)22(30)27-20(23(31)24-11-7-13-28)14-17-15-25-19-9-5-4-8-18(17)19/h4-5,8-9,15-16,20,25H,3,6-7,10-14H2,1-2H3,(H,24,31)(H,26,29)(H,27,30)/t16-,20+/m0/s1. The number of aromatic nitrogens is 1. The van der Waals surface area contributed by atoms with Gasteiger partial charge in [-0.05, 0) is 51.0 Å². The number of nitrogens with zero attached hydrogens (tertiary/aromatic N) is 1. The average molecular weight is 428 g/mol. The molecule has 1 aromatic carbocycles. The van der Waals surface area contributed by atoms with Crippen LogP contribution in [0.3, 0.4) is 0 Å². The highest BCUT2D eigenvalue weighted by Crippen LogP contribution is 2.19. The van der Waals surface area contributed by atoms with Gasteiger partial charge in [0.15, 0.2) is 0 Å². The second kappa shape index (κ2) is 10.9. The number of carbonyl (C=O) groups excluding carboxylic acids is 3. The molecule has 0 radical (unpaired) electrons. The summed E-state index contributed by atoms with van der Waals surface area (Å²) in [6.07, 6.45) is 4.18. The van der Waals surface area contributed by atoms with Crippen LogP contribution in [-0.4, -0.2) is 65.9 Å². The Labute approximate surface area is 183 Å². The molecule has 1 aliphatic rings. The summed E-state index contributed by atoms with van der Waals surface area (Å²) in [5.41, 5.74) is 1.95. The molecule has 8 heteroatoms. The molecule has 1 fully saturated rings. The third-order valence-electron chi connectivity index (χ3n) is 5.78. The van der Waals surface area contributed by atoms with Gasteiger partial charge >= 0.3 is 0 Å². The Bertz CT molecular complexity index is 910. The summed E-state index contributed by atoms with van der Waals surface area (Å²) in [4.78, 5) is 43.4. The lowest BCUT2D eigenvalue weighted by atomic mass is 10.0. The van der Waals surface area contributed by atoms with Crippen molar-refractivity contribution >= 4 is 28.6 Å². The number of fused-ring (bicyclic) bond motifs is 1. The second-order valence-electron chi connectivity index (χ2n) is 8.10. The zero-order valence-electron chi connectivity index (χ0n) is 18.4. The van der Waals surface area contributed by atoms with Gasteiger partial charge in [0.2, 0.25) is 17.7 Å². The van der Waals surface area contributed by atoms with E-state index in [2.05, 4.69) is 32.8 Å². The van der Waals surface area contributed by atoms with Gasteiger partial charge in [-0.25, -0.2) is 0 Å². The summed E-state index contributed by atoms with van der Waals surface area (Å²) >= 11 is 0. The summed E-state index contributed by atoms with van der Waals surface area (Å²) in [5.74, 6) is -0.723. The first kappa shape index (κ1) is 22.8. The first-order chi connectivity index (χ1) is 15.0. The Hall–Kier alpha value is -2.87. The Morgan fingerprint density at radius 2 is 1.81 bits per heavy atom. The second-order valence-corrected chi connectivity index (χ2v) is 8.10. The minimum absolute atomic E-state index is 0.147. The highest BCUT2D eigenvalue weighted by atomic mass is 16.2. The van der Waals surface area contributed by atoms with Gasteiger partial charge in [0.1, 0.15) is 12.1 Å². The lowest BCUT2D eigenvalue weighted by Gasteiger charge is -2.21. The van der Waals surface area contributed by atoms with Gasteiger partial charge in [-0.15, -0.1) is 0 Å². The molecule has 3 rings (SSSR count). The van der Waals surface area contributed by atoms with Gasteiger partial charge in [0, 0.05) is 36.5 Å². The summed E-state index contributed by atoms with van der Waals surface area (Å²) in [7, 11) is 0. The zero-order chi connectivity index (χ0) is 22.2. The molecule has 1 saturated heterocycles. The molecule has 3 amide bonds. The SMILES string of the molecule is CCN1CCCNC(=O)[C@@H](Cc2c[nH]c3ccccc23)NC(=O)[C@H](C)NC(=O)CCC1. The van der Waals surface area contributed by atoms with E-state index in [1.165, 1.54) is 0 Å². The molecule has 31 heavy (non-hydrogen) atoms. The number of aromatic amines is 1. The largest absolute Gasteiger partial charge is 0.361 e. The van der Waals surface area contributed by atoms with Crippen molar-refractivity contribution in [2.24, 2.45) is 0 Å². The van der Waals surface area contributed by atoms with E-state index in [0.717, 1.165) is 48.9 Å². The van der Waals surface area contributed by atoms with Crippen LogP contribution in [0.5, 0.6) is 0 Å². The van der Waals surface area contributed by atoms with Crippen molar-refractivity contribution in [3.63, 3.8) is 0 Å². The number of rotatable bonds is 3. The van der Waals surface area contributed by atoms with E-state index >= 15 is 0 Å². The summed E-state index contributed by atoms with van der Waals surface area (Å²) in [6, 6.07) is 6.44. The number of benzene rings is 1. The van der Waals surface area contributed by atoms with Crippen molar-refractivity contribution in [3.8, 4) is 0 Å². The van der Waals surface area contributed by atoms with E-state index < -0.39 is 12.1 Å². The average Bonchev–Trinajstić information content (AvgIpc) is 3.16. The Kier molecular flexibility index (Phi) is 8.06. The van der Waals surface area contributed by atoms with Crippen LogP contribution in [-0.2, 0) is 20.8 Å². The lowest BCUT2D eigenvalue weighted by molar-refractivity contribution is -0.131. The fourth-order valence-electron chi connectivity index (χ4n) is 3.93. The van der Waals surface area contributed by atoms with Crippen LogP contribution in [0.4, 0.5) is 0 Å². The maximum atomic E-state index is 12.9. The van der Waals surface area contributed by atoms with E-state index in [0.29, 0.717) is 19.4 Å². The highest BCUT2D eigenvalue weighted by molar-refractivity contribution is 5.92. The monoisotopic (exact) mass is 427 g/mol. The first-order valence-corrected chi connectivity index (χ1v) is 11.1. The van der Waals surface area contributed by atoms with Crippen LogP contribution in [0.25, 0.3) is 10.9 Å². The van der Waals surface area contributed by atoms with Crippen LogP contribution in [0.2, 0.25) is 0 Å². The maximum absolute atomic E-state index is 12.9. The molecule has 8 nitrogen and oxygen atoms in total. The number of hydrogen-bond donors (Lipinski definition) is 4. The fourth-order valence-corrected chi connectivity index (χ4v) is 3.93. The molecule has 0 saturated carbocycles. The van der Waals surface area contributed by atoms with Gasteiger partial charge < -0.3 is 25.8 Å². The Balaban J connectivity index is 1.76. The molecular formula is C23H33N5O3. The molecule has 2 atom stereocenters. The normalized spacial score (nSPS) is 22.8.